The topological polar surface area (TPSA) is 94.0 Å². The lowest BCUT2D eigenvalue weighted by atomic mass is 9.86. The molecule has 0 aliphatic carbocycles. The van der Waals surface area contributed by atoms with E-state index in [9.17, 15) is 18.7 Å². The monoisotopic (exact) mass is 282 g/mol. The Balaban J connectivity index is 2.51. The van der Waals surface area contributed by atoms with Gasteiger partial charge in [0.2, 0.25) is 0 Å². The van der Waals surface area contributed by atoms with E-state index in [0.717, 1.165) is 17.3 Å². The maximum atomic E-state index is 14.1. The molecule has 0 saturated heterocycles. The molecule has 1 amide bonds. The Morgan fingerprint density at radius 3 is 2.50 bits per heavy atom. The van der Waals surface area contributed by atoms with Crippen LogP contribution in [0.15, 0.2) is 43.0 Å². The fraction of sp³-hybridized carbons (Fsp3) is 0.250. The van der Waals surface area contributed by atoms with Gasteiger partial charge in [0.25, 0.3) is 5.91 Å². The highest BCUT2D eigenvalue weighted by Gasteiger charge is 2.58. The van der Waals surface area contributed by atoms with Crippen LogP contribution in [0.5, 0.6) is 0 Å². The van der Waals surface area contributed by atoms with Crippen LogP contribution in [0.3, 0.4) is 0 Å². The van der Waals surface area contributed by atoms with E-state index in [2.05, 4.69) is 10.1 Å². The third-order valence-electron chi connectivity index (χ3n) is 2.94. The fourth-order valence-corrected chi connectivity index (χ4v) is 1.84. The second-order valence-electron chi connectivity index (χ2n) is 4.26. The summed E-state index contributed by atoms with van der Waals surface area (Å²) in [5.74, 6) is -6.08. The standard InChI is InChI=1S/C12H12F2N4O2/c13-12(14,10(15)19)11(20,6-18-8-16-7-17-18)9-4-2-1-3-5-9/h1-5,7-8,20H,6H2,(H2,15,19). The summed E-state index contributed by atoms with van der Waals surface area (Å²) >= 11 is 0. The van der Waals surface area contributed by atoms with Crippen molar-refractivity contribution in [1.29, 1.82) is 0 Å². The lowest BCUT2D eigenvalue weighted by Crippen LogP contribution is -2.56. The number of nitrogens with zero attached hydrogens (tertiary/aromatic N) is 3. The minimum atomic E-state index is -4.17. The summed E-state index contributed by atoms with van der Waals surface area (Å²) in [6.07, 6.45) is 2.29. The van der Waals surface area contributed by atoms with Crippen molar-refractivity contribution in [1.82, 2.24) is 14.8 Å². The summed E-state index contributed by atoms with van der Waals surface area (Å²) in [5.41, 5.74) is 1.78. The molecule has 2 aromatic rings. The van der Waals surface area contributed by atoms with Crippen molar-refractivity contribution in [3.63, 3.8) is 0 Å². The number of alkyl halides is 2. The molecule has 0 radical (unpaired) electrons. The van der Waals surface area contributed by atoms with Gasteiger partial charge in [0.15, 0.2) is 5.60 Å². The van der Waals surface area contributed by atoms with Gasteiger partial charge in [-0.1, -0.05) is 30.3 Å². The number of amides is 1. The molecule has 20 heavy (non-hydrogen) atoms. The molecule has 1 aromatic carbocycles. The lowest BCUT2D eigenvalue weighted by Gasteiger charge is -2.34. The highest BCUT2D eigenvalue weighted by Crippen LogP contribution is 2.38. The van der Waals surface area contributed by atoms with E-state index in [4.69, 9.17) is 5.73 Å². The Morgan fingerprint density at radius 2 is 2.00 bits per heavy atom. The number of rotatable bonds is 5. The highest BCUT2D eigenvalue weighted by atomic mass is 19.3. The Labute approximate surface area is 112 Å². The molecule has 0 spiro atoms. The van der Waals surface area contributed by atoms with E-state index in [0.29, 0.717) is 0 Å². The Morgan fingerprint density at radius 1 is 1.35 bits per heavy atom. The molecule has 1 unspecified atom stereocenters. The van der Waals surface area contributed by atoms with E-state index in [1.807, 2.05) is 0 Å². The average molecular weight is 282 g/mol. The summed E-state index contributed by atoms with van der Waals surface area (Å²) in [4.78, 5) is 14.6. The molecule has 1 atom stereocenters. The predicted octanol–water partition coefficient (Wildman–Crippen LogP) is 0.286. The third-order valence-corrected chi connectivity index (χ3v) is 2.94. The zero-order chi connectivity index (χ0) is 14.8. The number of benzene rings is 1. The molecule has 1 heterocycles. The minimum absolute atomic E-state index is 0.140. The van der Waals surface area contributed by atoms with Crippen LogP contribution >= 0.6 is 0 Å². The number of hydrogen-bond acceptors (Lipinski definition) is 4. The zero-order valence-electron chi connectivity index (χ0n) is 10.3. The van der Waals surface area contributed by atoms with Crippen LogP contribution in [-0.2, 0) is 16.9 Å². The molecule has 1 aromatic heterocycles. The van der Waals surface area contributed by atoms with Gasteiger partial charge in [-0.15, -0.1) is 0 Å². The van der Waals surface area contributed by atoms with Gasteiger partial charge < -0.3 is 10.8 Å². The Hall–Kier alpha value is -2.35. The van der Waals surface area contributed by atoms with E-state index >= 15 is 0 Å². The number of carbonyl (C=O) groups excluding carboxylic acids is 1. The molecule has 0 aliphatic rings. The molecule has 106 valence electrons. The van der Waals surface area contributed by atoms with Gasteiger partial charge in [-0.3, -0.25) is 4.79 Å². The summed E-state index contributed by atoms with van der Waals surface area (Å²) in [6, 6.07) is 7.11. The molecule has 3 N–H and O–H groups in total. The van der Waals surface area contributed by atoms with Gasteiger partial charge in [-0.2, -0.15) is 13.9 Å². The first-order valence-electron chi connectivity index (χ1n) is 5.66. The van der Waals surface area contributed by atoms with E-state index in [1.165, 1.54) is 24.3 Å². The molecular formula is C12H12F2N4O2. The third kappa shape index (κ3) is 2.25. The van der Waals surface area contributed by atoms with Crippen LogP contribution in [0.2, 0.25) is 0 Å². The van der Waals surface area contributed by atoms with Crippen molar-refractivity contribution < 1.29 is 18.7 Å². The first kappa shape index (κ1) is 14.1. The Bertz CT molecular complexity index is 589. The molecule has 2 rings (SSSR count). The highest BCUT2D eigenvalue weighted by molar-refractivity contribution is 5.83. The number of nitrogens with two attached hydrogens (primary N) is 1. The maximum absolute atomic E-state index is 14.1. The van der Waals surface area contributed by atoms with Gasteiger partial charge in [0.05, 0.1) is 6.54 Å². The number of aromatic nitrogens is 3. The van der Waals surface area contributed by atoms with E-state index < -0.39 is 24.0 Å². The van der Waals surface area contributed by atoms with Gasteiger partial charge in [-0.25, -0.2) is 9.67 Å². The fourth-order valence-electron chi connectivity index (χ4n) is 1.84. The average Bonchev–Trinajstić information content (AvgIpc) is 2.92. The summed E-state index contributed by atoms with van der Waals surface area (Å²) < 4.78 is 29.2. The van der Waals surface area contributed by atoms with Crippen molar-refractivity contribution in [2.45, 2.75) is 18.1 Å². The van der Waals surface area contributed by atoms with Gasteiger partial charge in [0.1, 0.15) is 12.7 Å². The van der Waals surface area contributed by atoms with Gasteiger partial charge in [-0.05, 0) is 5.56 Å². The van der Waals surface area contributed by atoms with Crippen LogP contribution in [0.25, 0.3) is 0 Å². The number of primary amides is 1. The lowest BCUT2D eigenvalue weighted by molar-refractivity contribution is -0.199. The molecular weight excluding hydrogens is 270 g/mol. The smallest absolute Gasteiger partial charge is 0.358 e. The molecule has 0 aliphatic heterocycles. The summed E-state index contributed by atoms with van der Waals surface area (Å²) in [5, 5.41) is 14.1. The molecule has 0 bridgehead atoms. The summed E-state index contributed by atoms with van der Waals surface area (Å²) in [7, 11) is 0. The van der Waals surface area contributed by atoms with Crippen LogP contribution in [0.4, 0.5) is 8.78 Å². The van der Waals surface area contributed by atoms with Crippen LogP contribution in [0.1, 0.15) is 5.56 Å². The Kier molecular flexibility index (Phi) is 3.49. The first-order chi connectivity index (χ1) is 9.38. The van der Waals surface area contributed by atoms with Crippen molar-refractivity contribution in [2.24, 2.45) is 5.73 Å². The molecule has 8 heteroatoms. The SMILES string of the molecule is NC(=O)C(F)(F)C(O)(Cn1cncn1)c1ccccc1. The van der Waals surface area contributed by atoms with Crippen LogP contribution < -0.4 is 5.73 Å². The second-order valence-corrected chi connectivity index (χ2v) is 4.26. The number of carbonyl (C=O) groups is 1. The second kappa shape index (κ2) is 4.97. The van der Waals surface area contributed by atoms with E-state index in [-0.39, 0.29) is 5.56 Å². The van der Waals surface area contributed by atoms with Gasteiger partial charge in [0, 0.05) is 0 Å². The van der Waals surface area contributed by atoms with Crippen molar-refractivity contribution in [3.8, 4) is 0 Å². The van der Waals surface area contributed by atoms with Gasteiger partial charge >= 0.3 is 5.92 Å². The largest absolute Gasteiger partial charge is 0.377 e. The minimum Gasteiger partial charge on any atom is -0.377 e. The maximum Gasteiger partial charge on any atom is 0.358 e. The molecule has 0 saturated carbocycles. The molecule has 6 nitrogen and oxygen atoms in total. The van der Waals surface area contributed by atoms with E-state index in [1.54, 1.807) is 6.07 Å². The van der Waals surface area contributed by atoms with Crippen molar-refractivity contribution in [3.05, 3.63) is 48.5 Å². The zero-order valence-corrected chi connectivity index (χ0v) is 10.3. The first-order valence-corrected chi connectivity index (χ1v) is 5.66. The number of halogens is 2. The van der Waals surface area contributed by atoms with Crippen molar-refractivity contribution in [2.75, 3.05) is 0 Å². The molecule has 0 fully saturated rings. The van der Waals surface area contributed by atoms with Crippen molar-refractivity contribution >= 4 is 5.91 Å². The number of aliphatic hydroxyl groups is 1. The number of hydrogen-bond donors (Lipinski definition) is 2. The van der Waals surface area contributed by atoms with Crippen LogP contribution in [0, 0.1) is 0 Å². The quantitative estimate of drug-likeness (QED) is 0.824. The normalized spacial score (nSPS) is 14.8. The summed E-state index contributed by atoms with van der Waals surface area (Å²) in [6.45, 7) is -0.660. The van der Waals surface area contributed by atoms with Crippen LogP contribution in [-0.4, -0.2) is 31.7 Å². The predicted molar refractivity (Wildman–Crippen MR) is 64.5 cm³/mol.